The maximum Gasteiger partial charge on any atom is 0.305 e. The van der Waals surface area contributed by atoms with Crippen molar-refractivity contribution in [2.75, 3.05) is 13.2 Å². The number of rotatable bonds is 58. The van der Waals surface area contributed by atoms with Crippen LogP contribution in [0.1, 0.15) is 328 Å². The summed E-state index contributed by atoms with van der Waals surface area (Å²) in [7, 11) is 0. The van der Waals surface area contributed by atoms with Crippen LogP contribution in [0.15, 0.2) is 48.6 Å². The molecule has 71 heavy (non-hydrogen) atoms. The zero-order chi connectivity index (χ0) is 51.4. The molecule has 6 nitrogen and oxygen atoms in total. The highest BCUT2D eigenvalue weighted by molar-refractivity contribution is 5.76. The molecule has 0 saturated heterocycles. The number of aliphatic hydroxyl groups is 2. The van der Waals surface area contributed by atoms with E-state index in [1.54, 1.807) is 6.08 Å². The average molecular weight is 997 g/mol. The molecule has 3 N–H and O–H groups in total. The van der Waals surface area contributed by atoms with Crippen LogP contribution in [-0.2, 0) is 14.3 Å². The molecule has 0 aromatic carbocycles. The SMILES string of the molecule is CCCCC/C=C\C/C=C\CCCCCCCCCC(=O)OCCCCCCCCC/C=C\CCCCCCCC(=O)NC(CO)C(O)/C=C/CCCCCCCCCCCCCCCCCCCCC. The Hall–Kier alpha value is -2.18. The number of unbranched alkanes of at least 4 members (excludes halogenated alkanes) is 41. The Labute approximate surface area is 442 Å². The first-order valence-corrected chi connectivity index (χ1v) is 31.4. The van der Waals surface area contributed by atoms with Crippen LogP contribution in [0.3, 0.4) is 0 Å². The molecule has 0 spiro atoms. The van der Waals surface area contributed by atoms with Crippen molar-refractivity contribution >= 4 is 11.9 Å². The third-order valence-electron chi connectivity index (χ3n) is 14.3. The summed E-state index contributed by atoms with van der Waals surface area (Å²) in [5, 5.41) is 23.2. The Balaban J connectivity index is 3.50. The normalized spacial score (nSPS) is 12.9. The third-order valence-corrected chi connectivity index (χ3v) is 14.3. The van der Waals surface area contributed by atoms with Crippen LogP contribution in [-0.4, -0.2) is 47.4 Å². The van der Waals surface area contributed by atoms with Crippen molar-refractivity contribution in [1.29, 1.82) is 0 Å². The highest BCUT2D eigenvalue weighted by Crippen LogP contribution is 2.17. The van der Waals surface area contributed by atoms with Crippen LogP contribution in [0.4, 0.5) is 0 Å². The summed E-state index contributed by atoms with van der Waals surface area (Å²) in [6.07, 6.45) is 77.1. The van der Waals surface area contributed by atoms with Crippen LogP contribution in [0.2, 0.25) is 0 Å². The number of allylic oxidation sites excluding steroid dienone is 7. The fourth-order valence-corrected chi connectivity index (χ4v) is 9.48. The van der Waals surface area contributed by atoms with Crippen molar-refractivity contribution in [2.24, 2.45) is 0 Å². The summed E-state index contributed by atoms with van der Waals surface area (Å²) >= 11 is 0. The number of aliphatic hydroxyl groups excluding tert-OH is 2. The van der Waals surface area contributed by atoms with Gasteiger partial charge in [-0.05, 0) is 89.9 Å². The van der Waals surface area contributed by atoms with E-state index in [-0.39, 0.29) is 18.5 Å². The second kappa shape index (κ2) is 60.4. The van der Waals surface area contributed by atoms with Crippen LogP contribution in [0, 0.1) is 0 Å². The second-order valence-electron chi connectivity index (χ2n) is 21.4. The molecule has 0 bridgehead atoms. The van der Waals surface area contributed by atoms with Crippen molar-refractivity contribution in [3.05, 3.63) is 48.6 Å². The fourth-order valence-electron chi connectivity index (χ4n) is 9.48. The summed E-state index contributed by atoms with van der Waals surface area (Å²) in [6, 6.07) is -0.642. The van der Waals surface area contributed by atoms with Crippen molar-refractivity contribution < 1.29 is 24.5 Å². The lowest BCUT2D eigenvalue weighted by Crippen LogP contribution is -2.45. The smallest absolute Gasteiger partial charge is 0.305 e. The summed E-state index contributed by atoms with van der Waals surface area (Å²) < 4.78 is 5.48. The van der Waals surface area contributed by atoms with E-state index in [0.717, 1.165) is 70.6 Å². The lowest BCUT2D eigenvalue weighted by molar-refractivity contribution is -0.143. The number of hydrogen-bond acceptors (Lipinski definition) is 5. The van der Waals surface area contributed by atoms with Crippen LogP contribution in [0.5, 0.6) is 0 Å². The van der Waals surface area contributed by atoms with E-state index in [0.29, 0.717) is 19.4 Å². The molecule has 2 atom stereocenters. The van der Waals surface area contributed by atoms with Gasteiger partial charge in [0.1, 0.15) is 0 Å². The molecule has 0 saturated carbocycles. The van der Waals surface area contributed by atoms with Crippen LogP contribution < -0.4 is 5.32 Å². The predicted octanol–water partition coefficient (Wildman–Crippen LogP) is 19.7. The number of carbonyl (C=O) groups excluding carboxylic acids is 2. The van der Waals surface area contributed by atoms with Gasteiger partial charge in [0.15, 0.2) is 0 Å². The zero-order valence-corrected chi connectivity index (χ0v) is 47.5. The van der Waals surface area contributed by atoms with Crippen LogP contribution >= 0.6 is 0 Å². The lowest BCUT2D eigenvalue weighted by Gasteiger charge is -2.20. The van der Waals surface area contributed by atoms with E-state index in [1.807, 2.05) is 6.08 Å². The first-order valence-electron chi connectivity index (χ1n) is 31.4. The summed E-state index contributed by atoms with van der Waals surface area (Å²) in [5.41, 5.74) is 0. The molecule has 0 heterocycles. The van der Waals surface area contributed by atoms with Gasteiger partial charge in [0.2, 0.25) is 5.91 Å². The molecule has 2 unspecified atom stereocenters. The Morgan fingerprint density at radius 1 is 0.394 bits per heavy atom. The largest absolute Gasteiger partial charge is 0.466 e. The lowest BCUT2D eigenvalue weighted by atomic mass is 10.0. The Morgan fingerprint density at radius 2 is 0.704 bits per heavy atom. The van der Waals surface area contributed by atoms with Gasteiger partial charge in [0, 0.05) is 12.8 Å². The fraction of sp³-hybridized carbons (Fsp3) is 0.846. The summed E-state index contributed by atoms with van der Waals surface area (Å²) in [6.45, 7) is 4.87. The highest BCUT2D eigenvalue weighted by atomic mass is 16.5. The van der Waals surface area contributed by atoms with E-state index < -0.39 is 12.1 Å². The molecular formula is C65H121NO5. The number of esters is 1. The van der Waals surface area contributed by atoms with Gasteiger partial charge in [-0.2, -0.15) is 0 Å². The van der Waals surface area contributed by atoms with Gasteiger partial charge in [-0.3, -0.25) is 9.59 Å². The summed E-state index contributed by atoms with van der Waals surface area (Å²) in [4.78, 5) is 24.6. The van der Waals surface area contributed by atoms with Gasteiger partial charge in [-0.25, -0.2) is 0 Å². The van der Waals surface area contributed by atoms with Crippen LogP contribution in [0.25, 0.3) is 0 Å². The maximum absolute atomic E-state index is 12.5. The Bertz CT molecular complexity index is 1190. The van der Waals surface area contributed by atoms with E-state index >= 15 is 0 Å². The molecule has 0 radical (unpaired) electrons. The molecule has 0 aliphatic heterocycles. The standard InChI is InChI=1S/C65H121NO5/c1-3-5-7-9-11-13-15-17-19-21-22-23-24-26-29-33-37-41-45-49-53-57-63(68)62(61-67)66-64(69)58-54-50-46-42-38-34-30-27-28-32-36-40-44-48-52-56-60-71-65(70)59-55-51-47-43-39-35-31-25-20-18-16-14-12-10-8-6-4-2/h12,14,18,20,27,30,53,57,62-63,67-68H,3-11,13,15-17,19,21-26,28-29,31-52,54-56,58-61H2,1-2H3,(H,66,69)/b14-12-,20-18-,30-27-,57-53+. The van der Waals surface area contributed by atoms with Crippen molar-refractivity contribution in [3.63, 3.8) is 0 Å². The molecule has 6 heteroatoms. The molecule has 0 aliphatic rings. The topological polar surface area (TPSA) is 95.9 Å². The van der Waals surface area contributed by atoms with E-state index in [2.05, 4.69) is 55.6 Å². The van der Waals surface area contributed by atoms with E-state index in [1.165, 1.54) is 231 Å². The quantitative estimate of drug-likeness (QED) is 0.0321. The van der Waals surface area contributed by atoms with E-state index in [4.69, 9.17) is 4.74 Å². The first-order chi connectivity index (χ1) is 35.0. The molecule has 0 fully saturated rings. The molecule has 0 aromatic heterocycles. The predicted molar refractivity (Wildman–Crippen MR) is 310 cm³/mol. The summed E-state index contributed by atoms with van der Waals surface area (Å²) in [5.74, 6) is -0.0951. The zero-order valence-electron chi connectivity index (χ0n) is 47.5. The minimum Gasteiger partial charge on any atom is -0.466 e. The minimum absolute atomic E-state index is 0.0116. The third kappa shape index (κ3) is 57.0. The van der Waals surface area contributed by atoms with Gasteiger partial charge in [-0.15, -0.1) is 0 Å². The Kier molecular flexibility index (Phi) is 58.5. The number of nitrogens with one attached hydrogen (secondary N) is 1. The van der Waals surface area contributed by atoms with Crippen molar-refractivity contribution in [1.82, 2.24) is 5.32 Å². The van der Waals surface area contributed by atoms with Gasteiger partial charge in [0.25, 0.3) is 0 Å². The molecule has 1 amide bonds. The molecule has 416 valence electrons. The molecule has 0 aromatic rings. The van der Waals surface area contributed by atoms with Gasteiger partial charge in [0.05, 0.1) is 25.4 Å². The number of amides is 1. The first kappa shape index (κ1) is 68.8. The minimum atomic E-state index is -0.857. The molecule has 0 aliphatic carbocycles. The Morgan fingerprint density at radius 3 is 1.11 bits per heavy atom. The molecular weight excluding hydrogens is 875 g/mol. The number of ether oxygens (including phenoxy) is 1. The number of carbonyl (C=O) groups is 2. The van der Waals surface area contributed by atoms with Gasteiger partial charge < -0.3 is 20.3 Å². The maximum atomic E-state index is 12.5. The van der Waals surface area contributed by atoms with Gasteiger partial charge in [-0.1, -0.05) is 274 Å². The molecule has 0 rings (SSSR count). The highest BCUT2D eigenvalue weighted by Gasteiger charge is 2.18. The van der Waals surface area contributed by atoms with Crippen molar-refractivity contribution in [3.8, 4) is 0 Å². The second-order valence-corrected chi connectivity index (χ2v) is 21.4. The van der Waals surface area contributed by atoms with Gasteiger partial charge >= 0.3 is 5.97 Å². The average Bonchev–Trinajstić information content (AvgIpc) is 3.37. The van der Waals surface area contributed by atoms with E-state index in [9.17, 15) is 19.8 Å². The monoisotopic (exact) mass is 996 g/mol. The van der Waals surface area contributed by atoms with Crippen molar-refractivity contribution in [2.45, 2.75) is 341 Å². The number of hydrogen-bond donors (Lipinski definition) is 3.